The maximum Gasteiger partial charge on any atom is 0.107 e. The lowest BCUT2D eigenvalue weighted by Crippen LogP contribution is -1.95. The average molecular weight is 216 g/mol. The molecule has 2 heterocycles. The van der Waals surface area contributed by atoms with Gasteiger partial charge in [0.25, 0.3) is 0 Å². The second kappa shape index (κ2) is 3.42. The van der Waals surface area contributed by atoms with Crippen LogP contribution in [0.2, 0.25) is 0 Å². The first-order chi connectivity index (χ1) is 7.36. The number of fused-ring (bicyclic) bond motifs is 1. The fourth-order valence-electron chi connectivity index (χ4n) is 1.97. The van der Waals surface area contributed by atoms with Crippen molar-refractivity contribution in [1.82, 2.24) is 9.55 Å². The van der Waals surface area contributed by atoms with Crippen LogP contribution < -0.4 is 0 Å². The highest BCUT2D eigenvalue weighted by Gasteiger charge is 2.20. The molecule has 0 N–H and O–H groups in total. The predicted molar refractivity (Wildman–Crippen MR) is 63.1 cm³/mol. The third kappa shape index (κ3) is 1.38. The second-order valence-corrected chi connectivity index (χ2v) is 4.76. The highest BCUT2D eigenvalue weighted by atomic mass is 32.2. The van der Waals surface area contributed by atoms with Gasteiger partial charge in [-0.15, -0.1) is 11.8 Å². The van der Waals surface area contributed by atoms with Crippen LogP contribution in [-0.4, -0.2) is 15.3 Å². The van der Waals surface area contributed by atoms with E-state index in [0.717, 1.165) is 18.1 Å². The van der Waals surface area contributed by atoms with Crippen molar-refractivity contribution in [1.29, 1.82) is 0 Å². The van der Waals surface area contributed by atoms with E-state index < -0.39 is 0 Å². The standard InChI is InChI=1S/C12H12N2S/c1-9-13-11(10-5-3-2-4-6-10)12-14(9)7-8-15-12/h2-6H,7-8H2,1H3. The van der Waals surface area contributed by atoms with Gasteiger partial charge in [-0.25, -0.2) is 4.98 Å². The minimum Gasteiger partial charge on any atom is -0.322 e. The quantitative estimate of drug-likeness (QED) is 0.729. The van der Waals surface area contributed by atoms with E-state index in [4.69, 9.17) is 0 Å². The van der Waals surface area contributed by atoms with Crippen LogP contribution in [0.25, 0.3) is 11.3 Å². The number of rotatable bonds is 1. The molecule has 0 atom stereocenters. The lowest BCUT2D eigenvalue weighted by atomic mass is 10.2. The first kappa shape index (κ1) is 9.04. The molecule has 0 bridgehead atoms. The van der Waals surface area contributed by atoms with E-state index in [2.05, 4.69) is 40.7 Å². The molecule has 0 spiro atoms. The fraction of sp³-hybridized carbons (Fsp3) is 0.250. The SMILES string of the molecule is Cc1nc(-c2ccccc2)c2n1CCS2. The van der Waals surface area contributed by atoms with Gasteiger partial charge in [-0.05, 0) is 6.92 Å². The van der Waals surface area contributed by atoms with Crippen LogP contribution >= 0.6 is 11.8 Å². The molecule has 0 fully saturated rings. The second-order valence-electron chi connectivity index (χ2n) is 3.68. The summed E-state index contributed by atoms with van der Waals surface area (Å²) in [4.78, 5) is 4.64. The van der Waals surface area contributed by atoms with Gasteiger partial charge in [0.15, 0.2) is 0 Å². The summed E-state index contributed by atoms with van der Waals surface area (Å²) < 4.78 is 2.31. The molecular formula is C12H12N2S. The van der Waals surface area contributed by atoms with Crippen molar-refractivity contribution in [3.05, 3.63) is 36.2 Å². The van der Waals surface area contributed by atoms with Crippen LogP contribution in [0.4, 0.5) is 0 Å². The summed E-state index contributed by atoms with van der Waals surface area (Å²) in [5.74, 6) is 2.31. The lowest BCUT2D eigenvalue weighted by Gasteiger charge is -1.98. The maximum atomic E-state index is 4.64. The van der Waals surface area contributed by atoms with Gasteiger partial charge >= 0.3 is 0 Å². The van der Waals surface area contributed by atoms with Gasteiger partial charge in [0.1, 0.15) is 16.5 Å². The van der Waals surface area contributed by atoms with Gasteiger partial charge in [-0.2, -0.15) is 0 Å². The number of nitrogens with zero attached hydrogens (tertiary/aromatic N) is 2. The Hall–Kier alpha value is -1.22. The van der Waals surface area contributed by atoms with E-state index >= 15 is 0 Å². The van der Waals surface area contributed by atoms with Crippen molar-refractivity contribution in [3.63, 3.8) is 0 Å². The summed E-state index contributed by atoms with van der Waals surface area (Å²) >= 11 is 1.91. The zero-order chi connectivity index (χ0) is 10.3. The van der Waals surface area contributed by atoms with Crippen molar-refractivity contribution < 1.29 is 0 Å². The predicted octanol–water partition coefficient (Wildman–Crippen LogP) is 2.96. The number of thioether (sulfide) groups is 1. The summed E-state index contributed by atoms with van der Waals surface area (Å²) in [6.07, 6.45) is 0. The Morgan fingerprint density at radius 1 is 1.27 bits per heavy atom. The van der Waals surface area contributed by atoms with Gasteiger partial charge in [0, 0.05) is 17.9 Å². The topological polar surface area (TPSA) is 17.8 Å². The molecule has 3 heteroatoms. The Labute approximate surface area is 93.3 Å². The molecule has 0 saturated heterocycles. The molecule has 0 aliphatic carbocycles. The molecule has 0 radical (unpaired) electrons. The number of benzene rings is 1. The minimum absolute atomic E-state index is 1.10. The van der Waals surface area contributed by atoms with Crippen LogP contribution in [-0.2, 0) is 6.54 Å². The third-order valence-electron chi connectivity index (χ3n) is 2.71. The highest BCUT2D eigenvalue weighted by molar-refractivity contribution is 7.99. The fourth-order valence-corrected chi connectivity index (χ4v) is 3.12. The van der Waals surface area contributed by atoms with Gasteiger partial charge in [0.05, 0.1) is 0 Å². The van der Waals surface area contributed by atoms with Crippen LogP contribution in [0, 0.1) is 6.92 Å². The zero-order valence-electron chi connectivity index (χ0n) is 8.60. The molecule has 1 aromatic heterocycles. The Morgan fingerprint density at radius 3 is 2.87 bits per heavy atom. The molecule has 0 amide bonds. The molecule has 1 aliphatic rings. The average Bonchev–Trinajstić information content (AvgIpc) is 2.84. The van der Waals surface area contributed by atoms with Crippen LogP contribution in [0.15, 0.2) is 35.4 Å². The molecule has 2 aromatic rings. The molecule has 0 saturated carbocycles. The van der Waals surface area contributed by atoms with Crippen LogP contribution in [0.1, 0.15) is 5.82 Å². The number of aromatic nitrogens is 2. The number of hydrogen-bond acceptors (Lipinski definition) is 2. The summed E-state index contributed by atoms with van der Waals surface area (Å²) in [6.45, 7) is 3.19. The van der Waals surface area contributed by atoms with Gasteiger partial charge in [-0.1, -0.05) is 30.3 Å². The molecule has 15 heavy (non-hydrogen) atoms. The minimum atomic E-state index is 1.10. The number of imidazole rings is 1. The van der Waals surface area contributed by atoms with Crippen LogP contribution in [0.5, 0.6) is 0 Å². The third-order valence-corrected chi connectivity index (χ3v) is 3.79. The van der Waals surface area contributed by atoms with Crippen molar-refractivity contribution in [2.75, 3.05) is 5.75 Å². The number of hydrogen-bond donors (Lipinski definition) is 0. The van der Waals surface area contributed by atoms with Crippen LogP contribution in [0.3, 0.4) is 0 Å². The maximum absolute atomic E-state index is 4.64. The summed E-state index contributed by atoms with van der Waals surface area (Å²) in [5, 5.41) is 1.33. The summed E-state index contributed by atoms with van der Waals surface area (Å²) in [7, 11) is 0. The smallest absolute Gasteiger partial charge is 0.107 e. The Kier molecular flexibility index (Phi) is 2.06. The Balaban J connectivity index is 2.18. The van der Waals surface area contributed by atoms with Crippen molar-refractivity contribution >= 4 is 11.8 Å². The molecular weight excluding hydrogens is 204 g/mol. The van der Waals surface area contributed by atoms with Gasteiger partial charge in [-0.3, -0.25) is 0 Å². The van der Waals surface area contributed by atoms with E-state index in [1.54, 1.807) is 0 Å². The normalized spacial score (nSPS) is 14.2. The molecule has 76 valence electrons. The largest absolute Gasteiger partial charge is 0.322 e. The van der Waals surface area contributed by atoms with E-state index in [-0.39, 0.29) is 0 Å². The Morgan fingerprint density at radius 2 is 2.07 bits per heavy atom. The van der Waals surface area contributed by atoms with Crippen molar-refractivity contribution in [2.45, 2.75) is 18.5 Å². The van der Waals surface area contributed by atoms with Gasteiger partial charge < -0.3 is 4.57 Å². The highest BCUT2D eigenvalue weighted by Crippen LogP contribution is 2.35. The van der Waals surface area contributed by atoms with Crippen molar-refractivity contribution in [3.8, 4) is 11.3 Å². The van der Waals surface area contributed by atoms with E-state index in [1.807, 2.05) is 17.8 Å². The first-order valence-corrected chi connectivity index (χ1v) is 6.10. The monoisotopic (exact) mass is 216 g/mol. The molecule has 2 nitrogen and oxygen atoms in total. The van der Waals surface area contributed by atoms with E-state index in [1.165, 1.54) is 16.3 Å². The molecule has 1 aliphatic heterocycles. The van der Waals surface area contributed by atoms with E-state index in [0.29, 0.717) is 0 Å². The van der Waals surface area contributed by atoms with Crippen molar-refractivity contribution in [2.24, 2.45) is 0 Å². The first-order valence-electron chi connectivity index (χ1n) is 5.11. The molecule has 1 aromatic carbocycles. The van der Waals surface area contributed by atoms with E-state index in [9.17, 15) is 0 Å². The summed E-state index contributed by atoms with van der Waals surface area (Å²) in [6, 6.07) is 10.4. The number of aryl methyl sites for hydroxylation is 1. The Bertz CT molecular complexity index is 488. The lowest BCUT2D eigenvalue weighted by molar-refractivity contribution is 0.707. The zero-order valence-corrected chi connectivity index (χ0v) is 9.42. The summed E-state index contributed by atoms with van der Waals surface area (Å²) in [5.41, 5.74) is 2.37. The molecule has 0 unspecified atom stereocenters. The molecule has 3 rings (SSSR count). The van der Waals surface area contributed by atoms with Gasteiger partial charge in [0.2, 0.25) is 0 Å².